The molecule has 1 aromatic carbocycles. The van der Waals surface area contributed by atoms with E-state index in [1.165, 1.54) is 10.8 Å². The number of rotatable bonds is 5. The molecule has 1 rings (SSSR count). The lowest BCUT2D eigenvalue weighted by atomic mass is 10.1. The average Bonchev–Trinajstić information content (AvgIpc) is 2.23. The van der Waals surface area contributed by atoms with E-state index >= 15 is 0 Å². The largest absolute Gasteiger partial charge is 0.434 e. The lowest BCUT2D eigenvalue weighted by Crippen LogP contribution is -2.37. The third-order valence-corrected chi connectivity index (χ3v) is 2.77. The Hall–Kier alpha value is -1.42. The van der Waals surface area contributed by atoms with Crippen LogP contribution in [0.5, 0.6) is 5.75 Å². The van der Waals surface area contributed by atoms with Crippen LogP contribution in [0.15, 0.2) is 24.3 Å². The number of halogens is 5. The molecule has 1 atom stereocenters. The molecule has 0 bridgehead atoms. The summed E-state index contributed by atoms with van der Waals surface area (Å²) in [7, 11) is -4.21. The Morgan fingerprint density at radius 1 is 1.20 bits per heavy atom. The fourth-order valence-electron chi connectivity index (χ4n) is 1.44. The lowest BCUT2D eigenvalue weighted by molar-refractivity contribution is -0.154. The van der Waals surface area contributed by atoms with Crippen LogP contribution < -0.4 is 9.46 Å². The second kappa shape index (κ2) is 5.92. The van der Waals surface area contributed by atoms with Crippen molar-refractivity contribution in [2.45, 2.75) is 18.8 Å². The highest BCUT2D eigenvalue weighted by Crippen LogP contribution is 2.38. The van der Waals surface area contributed by atoms with Crippen LogP contribution in [0.25, 0.3) is 0 Å². The van der Waals surface area contributed by atoms with Crippen molar-refractivity contribution in [2.24, 2.45) is 0 Å². The van der Waals surface area contributed by atoms with Gasteiger partial charge in [-0.2, -0.15) is 26.7 Å². The maximum atomic E-state index is 12.9. The van der Waals surface area contributed by atoms with Crippen molar-refractivity contribution in [2.75, 3.05) is 6.26 Å². The number of sulfonamides is 1. The predicted octanol–water partition coefficient (Wildman–Crippen LogP) is 2.44. The zero-order valence-electron chi connectivity index (χ0n) is 9.99. The van der Waals surface area contributed by atoms with E-state index < -0.39 is 40.2 Å². The van der Waals surface area contributed by atoms with Crippen molar-refractivity contribution in [3.05, 3.63) is 29.8 Å². The first kappa shape index (κ1) is 16.6. The zero-order chi connectivity index (χ0) is 15.6. The molecular formula is C10H10F5NO3S. The van der Waals surface area contributed by atoms with Crippen molar-refractivity contribution in [1.82, 2.24) is 4.72 Å². The highest BCUT2D eigenvalue weighted by atomic mass is 32.2. The van der Waals surface area contributed by atoms with Crippen molar-refractivity contribution in [3.8, 4) is 5.75 Å². The molecule has 0 aliphatic carbocycles. The Kier molecular flexibility index (Phi) is 4.92. The number of alkyl halides is 5. The van der Waals surface area contributed by atoms with Gasteiger partial charge in [-0.15, -0.1) is 0 Å². The molecule has 0 amide bonds. The number of nitrogens with one attached hydrogen (secondary N) is 1. The van der Waals surface area contributed by atoms with Gasteiger partial charge in [0.25, 0.3) is 0 Å². The molecule has 4 nitrogen and oxygen atoms in total. The van der Waals surface area contributed by atoms with Crippen LogP contribution in [0.3, 0.4) is 0 Å². The van der Waals surface area contributed by atoms with Gasteiger partial charge in [0.2, 0.25) is 10.0 Å². The summed E-state index contributed by atoms with van der Waals surface area (Å²) in [5, 5.41) is 0. The average molecular weight is 319 g/mol. The zero-order valence-corrected chi connectivity index (χ0v) is 10.8. The van der Waals surface area contributed by atoms with Crippen LogP contribution >= 0.6 is 0 Å². The molecule has 0 aliphatic rings. The standard InChI is InChI=1S/C10H10F5NO3S/c1-20(17,18)16-8(10(13,14)15)6-4-2-3-5-7(6)19-9(11)12/h2-5,8-9,16H,1H3/t8-/m1/s1. The first-order valence-electron chi connectivity index (χ1n) is 5.08. The molecule has 0 fully saturated rings. The normalized spacial score (nSPS) is 14.3. The molecule has 114 valence electrons. The van der Waals surface area contributed by atoms with Gasteiger partial charge in [-0.05, 0) is 6.07 Å². The van der Waals surface area contributed by atoms with E-state index in [4.69, 9.17) is 0 Å². The van der Waals surface area contributed by atoms with Gasteiger partial charge < -0.3 is 4.74 Å². The second-order valence-electron chi connectivity index (χ2n) is 3.78. The first-order valence-corrected chi connectivity index (χ1v) is 6.97. The summed E-state index contributed by atoms with van der Waals surface area (Å²) in [6, 6.07) is 1.41. The topological polar surface area (TPSA) is 55.4 Å². The van der Waals surface area contributed by atoms with E-state index in [0.29, 0.717) is 6.26 Å². The van der Waals surface area contributed by atoms with E-state index in [1.807, 2.05) is 0 Å². The quantitative estimate of drug-likeness (QED) is 0.848. The van der Waals surface area contributed by atoms with Gasteiger partial charge in [0, 0.05) is 5.56 Å². The fourth-order valence-corrected chi connectivity index (χ4v) is 2.13. The fraction of sp³-hybridized carbons (Fsp3) is 0.400. The highest BCUT2D eigenvalue weighted by molar-refractivity contribution is 7.88. The molecule has 0 radical (unpaired) electrons. The van der Waals surface area contributed by atoms with Crippen molar-refractivity contribution in [3.63, 3.8) is 0 Å². The highest BCUT2D eigenvalue weighted by Gasteiger charge is 2.44. The molecule has 1 aromatic rings. The predicted molar refractivity (Wildman–Crippen MR) is 59.8 cm³/mol. The van der Waals surface area contributed by atoms with Crippen LogP contribution in [0.1, 0.15) is 11.6 Å². The van der Waals surface area contributed by atoms with Gasteiger partial charge in [0.15, 0.2) is 0 Å². The lowest BCUT2D eigenvalue weighted by Gasteiger charge is -2.23. The minimum atomic E-state index is -5.01. The summed E-state index contributed by atoms with van der Waals surface area (Å²) in [6.45, 7) is -3.33. The van der Waals surface area contributed by atoms with E-state index in [-0.39, 0.29) is 0 Å². The molecule has 1 N–H and O–H groups in total. The third kappa shape index (κ3) is 4.93. The van der Waals surface area contributed by atoms with Crippen LogP contribution in [0, 0.1) is 0 Å². The minimum Gasteiger partial charge on any atom is -0.434 e. The molecule has 0 saturated heterocycles. The van der Waals surface area contributed by atoms with Crippen LogP contribution in [-0.2, 0) is 10.0 Å². The Balaban J connectivity index is 3.27. The van der Waals surface area contributed by atoms with Gasteiger partial charge in [0.1, 0.15) is 11.8 Å². The van der Waals surface area contributed by atoms with Crippen LogP contribution in [0.4, 0.5) is 22.0 Å². The van der Waals surface area contributed by atoms with Gasteiger partial charge in [-0.25, -0.2) is 8.42 Å². The second-order valence-corrected chi connectivity index (χ2v) is 5.56. The summed E-state index contributed by atoms with van der Waals surface area (Å²) in [6.07, 6.45) is -4.48. The molecule has 10 heteroatoms. The molecule has 0 aromatic heterocycles. The smallest absolute Gasteiger partial charge is 0.409 e. The maximum absolute atomic E-state index is 12.9. The van der Waals surface area contributed by atoms with Crippen LogP contribution in [-0.4, -0.2) is 27.5 Å². The van der Waals surface area contributed by atoms with Gasteiger partial charge in [-0.3, -0.25) is 0 Å². The monoisotopic (exact) mass is 319 g/mol. The van der Waals surface area contributed by atoms with E-state index in [2.05, 4.69) is 4.74 Å². The maximum Gasteiger partial charge on any atom is 0.409 e. The van der Waals surface area contributed by atoms with Crippen molar-refractivity contribution in [1.29, 1.82) is 0 Å². The molecule has 0 aliphatic heterocycles. The Labute approximate surface area is 111 Å². The number of para-hydroxylation sites is 1. The van der Waals surface area contributed by atoms with Crippen molar-refractivity contribution < 1.29 is 35.1 Å². The van der Waals surface area contributed by atoms with Crippen molar-refractivity contribution >= 4 is 10.0 Å². The van der Waals surface area contributed by atoms with Gasteiger partial charge in [-0.1, -0.05) is 18.2 Å². The minimum absolute atomic E-state index is 0.530. The summed E-state index contributed by atoms with van der Waals surface area (Å²) >= 11 is 0. The van der Waals surface area contributed by atoms with Gasteiger partial charge >= 0.3 is 12.8 Å². The molecule has 0 saturated carbocycles. The number of benzene rings is 1. The molecular weight excluding hydrogens is 309 g/mol. The summed E-state index contributed by atoms with van der Waals surface area (Å²) < 4.78 is 90.3. The Bertz CT molecular complexity index is 558. The number of hydrogen-bond acceptors (Lipinski definition) is 3. The summed E-state index contributed by atoms with van der Waals surface area (Å²) in [4.78, 5) is 0. The molecule has 20 heavy (non-hydrogen) atoms. The van der Waals surface area contributed by atoms with E-state index in [1.54, 1.807) is 0 Å². The Morgan fingerprint density at radius 3 is 2.20 bits per heavy atom. The number of hydrogen-bond donors (Lipinski definition) is 1. The third-order valence-electron chi connectivity index (χ3n) is 2.11. The van der Waals surface area contributed by atoms with Crippen LogP contribution in [0.2, 0.25) is 0 Å². The van der Waals surface area contributed by atoms with Gasteiger partial charge in [0.05, 0.1) is 6.26 Å². The SMILES string of the molecule is CS(=O)(=O)N[C@H](c1ccccc1OC(F)F)C(F)(F)F. The molecule has 0 spiro atoms. The first-order chi connectivity index (χ1) is 9.00. The number of ether oxygens (including phenoxy) is 1. The van der Waals surface area contributed by atoms with E-state index in [9.17, 15) is 30.4 Å². The summed E-state index contributed by atoms with van der Waals surface area (Å²) in [5.41, 5.74) is -0.745. The van der Waals surface area contributed by atoms with E-state index in [0.717, 1.165) is 18.2 Å². The molecule has 0 heterocycles. The Morgan fingerprint density at radius 2 is 1.75 bits per heavy atom. The summed E-state index contributed by atoms with van der Waals surface area (Å²) in [5.74, 6) is -0.749. The molecule has 0 unspecified atom stereocenters.